The Bertz CT molecular complexity index is 485. The maximum absolute atomic E-state index is 6.35. The van der Waals surface area contributed by atoms with Gasteiger partial charge in [0.25, 0.3) is 0 Å². The van der Waals surface area contributed by atoms with Crippen molar-refractivity contribution in [2.75, 3.05) is 24.6 Å². The van der Waals surface area contributed by atoms with Gasteiger partial charge in [-0.15, -0.1) is 0 Å². The van der Waals surface area contributed by atoms with Crippen LogP contribution >= 0.6 is 11.3 Å². The highest BCUT2D eigenvalue weighted by atomic mass is 32.1. The third-order valence-corrected chi connectivity index (χ3v) is 5.48. The van der Waals surface area contributed by atoms with E-state index in [4.69, 9.17) is 15.5 Å². The molecule has 20 heavy (non-hydrogen) atoms. The van der Waals surface area contributed by atoms with Crippen LogP contribution in [0.25, 0.3) is 0 Å². The molecule has 3 rings (SSSR count). The number of ether oxygens (including phenoxy) is 1. The van der Waals surface area contributed by atoms with Crippen LogP contribution in [0.1, 0.15) is 50.2 Å². The van der Waals surface area contributed by atoms with E-state index in [1.807, 2.05) is 0 Å². The molecule has 1 aliphatic carbocycles. The second-order valence-corrected chi connectivity index (χ2v) is 7.95. The second-order valence-electron chi connectivity index (χ2n) is 6.94. The Hall–Kier alpha value is -0.650. The SMILES string of the molecule is CC1CN(c2nc3c(s2)C(N)CC(C)(C)C3)CCCO1. The summed E-state index contributed by atoms with van der Waals surface area (Å²) in [5.41, 5.74) is 7.85. The van der Waals surface area contributed by atoms with Crippen molar-refractivity contribution in [3.05, 3.63) is 10.6 Å². The predicted octanol–water partition coefficient (Wildman–Crippen LogP) is 2.73. The monoisotopic (exact) mass is 295 g/mol. The van der Waals surface area contributed by atoms with Crippen LogP contribution in [0, 0.1) is 5.41 Å². The molecule has 1 fully saturated rings. The van der Waals surface area contributed by atoms with Gasteiger partial charge in [0.1, 0.15) is 0 Å². The number of nitrogens with two attached hydrogens (primary N) is 1. The van der Waals surface area contributed by atoms with E-state index >= 15 is 0 Å². The molecule has 1 aromatic heterocycles. The minimum absolute atomic E-state index is 0.153. The summed E-state index contributed by atoms with van der Waals surface area (Å²) in [6, 6.07) is 0.153. The van der Waals surface area contributed by atoms with Crippen LogP contribution in [-0.2, 0) is 11.2 Å². The maximum Gasteiger partial charge on any atom is 0.185 e. The number of anilines is 1. The van der Waals surface area contributed by atoms with Crippen molar-refractivity contribution in [3.8, 4) is 0 Å². The summed E-state index contributed by atoms with van der Waals surface area (Å²) in [5.74, 6) is 0. The molecule has 1 aromatic rings. The number of hydrogen-bond donors (Lipinski definition) is 1. The van der Waals surface area contributed by atoms with E-state index in [0.717, 1.165) is 44.1 Å². The average Bonchev–Trinajstić information content (AvgIpc) is 2.63. The Morgan fingerprint density at radius 3 is 3.05 bits per heavy atom. The highest BCUT2D eigenvalue weighted by Gasteiger charge is 2.34. The average molecular weight is 295 g/mol. The summed E-state index contributed by atoms with van der Waals surface area (Å²) >= 11 is 1.80. The number of thiazole rings is 1. The quantitative estimate of drug-likeness (QED) is 0.865. The molecule has 0 amide bonds. The Labute approximate surface area is 125 Å². The van der Waals surface area contributed by atoms with E-state index in [-0.39, 0.29) is 17.6 Å². The van der Waals surface area contributed by atoms with E-state index < -0.39 is 0 Å². The molecule has 0 spiro atoms. The summed E-state index contributed by atoms with van der Waals surface area (Å²) in [7, 11) is 0. The lowest BCUT2D eigenvalue weighted by Crippen LogP contribution is -2.30. The van der Waals surface area contributed by atoms with Gasteiger partial charge in [0.15, 0.2) is 5.13 Å². The lowest BCUT2D eigenvalue weighted by molar-refractivity contribution is 0.0821. The van der Waals surface area contributed by atoms with Gasteiger partial charge in [0.05, 0.1) is 11.8 Å². The molecule has 1 aliphatic heterocycles. The Morgan fingerprint density at radius 2 is 2.25 bits per heavy atom. The molecule has 2 aliphatic rings. The van der Waals surface area contributed by atoms with Gasteiger partial charge in [-0.3, -0.25) is 0 Å². The fraction of sp³-hybridized carbons (Fsp3) is 0.800. The molecule has 5 heteroatoms. The van der Waals surface area contributed by atoms with Gasteiger partial charge < -0.3 is 15.4 Å². The van der Waals surface area contributed by atoms with Crippen molar-refractivity contribution >= 4 is 16.5 Å². The fourth-order valence-electron chi connectivity index (χ4n) is 3.28. The zero-order chi connectivity index (χ0) is 14.3. The number of hydrogen-bond acceptors (Lipinski definition) is 5. The third kappa shape index (κ3) is 2.85. The molecule has 2 atom stereocenters. The van der Waals surface area contributed by atoms with Crippen molar-refractivity contribution < 1.29 is 4.74 Å². The summed E-state index contributed by atoms with van der Waals surface area (Å²) in [6.07, 6.45) is 3.46. The zero-order valence-corrected chi connectivity index (χ0v) is 13.5. The van der Waals surface area contributed by atoms with Crippen molar-refractivity contribution in [2.45, 2.75) is 52.2 Å². The van der Waals surface area contributed by atoms with E-state index in [0.29, 0.717) is 0 Å². The normalized spacial score (nSPS) is 29.9. The first-order chi connectivity index (χ1) is 9.44. The number of rotatable bonds is 1. The standard InChI is InChI=1S/C15H25N3OS/c1-10-9-18(5-4-6-19-10)14-17-12-8-15(2,3)7-11(16)13(12)20-14/h10-11H,4-9,16H2,1-3H3. The molecular weight excluding hydrogens is 270 g/mol. The van der Waals surface area contributed by atoms with E-state index in [2.05, 4.69) is 25.7 Å². The Morgan fingerprint density at radius 1 is 1.45 bits per heavy atom. The fourth-order valence-corrected chi connectivity index (χ4v) is 4.40. The van der Waals surface area contributed by atoms with Gasteiger partial charge in [-0.1, -0.05) is 25.2 Å². The lowest BCUT2D eigenvalue weighted by Gasteiger charge is -2.32. The van der Waals surface area contributed by atoms with Crippen LogP contribution in [0.15, 0.2) is 0 Å². The smallest absolute Gasteiger partial charge is 0.185 e. The van der Waals surface area contributed by atoms with E-state index in [1.54, 1.807) is 11.3 Å². The van der Waals surface area contributed by atoms with Gasteiger partial charge >= 0.3 is 0 Å². The summed E-state index contributed by atoms with van der Waals surface area (Å²) in [5, 5.41) is 1.14. The molecule has 2 heterocycles. The molecule has 1 saturated heterocycles. The van der Waals surface area contributed by atoms with Gasteiger partial charge in [0, 0.05) is 30.6 Å². The van der Waals surface area contributed by atoms with Gasteiger partial charge in [-0.05, 0) is 31.6 Å². The Balaban J connectivity index is 1.85. The summed E-state index contributed by atoms with van der Waals surface area (Å²) in [4.78, 5) is 8.58. The number of aromatic nitrogens is 1. The number of fused-ring (bicyclic) bond motifs is 1. The minimum atomic E-state index is 0.153. The lowest BCUT2D eigenvalue weighted by atomic mass is 9.77. The minimum Gasteiger partial charge on any atom is -0.377 e. The molecule has 0 radical (unpaired) electrons. The summed E-state index contributed by atoms with van der Waals surface area (Å²) < 4.78 is 5.72. The van der Waals surface area contributed by atoms with Crippen LogP contribution < -0.4 is 10.6 Å². The highest BCUT2D eigenvalue weighted by molar-refractivity contribution is 7.15. The molecular formula is C15H25N3OS. The van der Waals surface area contributed by atoms with Crippen LogP contribution in [0.2, 0.25) is 0 Å². The summed E-state index contributed by atoms with van der Waals surface area (Å²) in [6.45, 7) is 9.55. The second kappa shape index (κ2) is 5.28. The zero-order valence-electron chi connectivity index (χ0n) is 12.7. The van der Waals surface area contributed by atoms with Gasteiger partial charge in [-0.2, -0.15) is 0 Å². The molecule has 2 N–H and O–H groups in total. The predicted molar refractivity (Wildman–Crippen MR) is 83.4 cm³/mol. The number of nitrogens with zero attached hydrogens (tertiary/aromatic N) is 2. The van der Waals surface area contributed by atoms with Crippen molar-refractivity contribution in [2.24, 2.45) is 11.1 Å². The van der Waals surface area contributed by atoms with Gasteiger partial charge in [0.2, 0.25) is 0 Å². The molecule has 0 saturated carbocycles. The van der Waals surface area contributed by atoms with Crippen LogP contribution in [-0.4, -0.2) is 30.8 Å². The van der Waals surface area contributed by atoms with Crippen molar-refractivity contribution in [1.29, 1.82) is 0 Å². The van der Waals surface area contributed by atoms with E-state index in [1.165, 1.54) is 10.6 Å². The largest absolute Gasteiger partial charge is 0.377 e. The van der Waals surface area contributed by atoms with Crippen LogP contribution in [0.4, 0.5) is 5.13 Å². The topological polar surface area (TPSA) is 51.4 Å². The van der Waals surface area contributed by atoms with Gasteiger partial charge in [-0.25, -0.2) is 4.98 Å². The highest BCUT2D eigenvalue weighted by Crippen LogP contribution is 2.43. The van der Waals surface area contributed by atoms with E-state index in [9.17, 15) is 0 Å². The van der Waals surface area contributed by atoms with Crippen molar-refractivity contribution in [3.63, 3.8) is 0 Å². The molecule has 4 nitrogen and oxygen atoms in total. The van der Waals surface area contributed by atoms with Crippen LogP contribution in [0.5, 0.6) is 0 Å². The first-order valence-corrected chi connectivity index (χ1v) is 8.38. The first-order valence-electron chi connectivity index (χ1n) is 7.56. The Kier molecular flexibility index (Phi) is 3.77. The molecule has 0 bridgehead atoms. The molecule has 112 valence electrons. The maximum atomic E-state index is 6.35. The molecule has 2 unspecified atom stereocenters. The van der Waals surface area contributed by atoms with Crippen molar-refractivity contribution in [1.82, 2.24) is 4.98 Å². The third-order valence-electron chi connectivity index (χ3n) is 4.19. The van der Waals surface area contributed by atoms with Crippen LogP contribution in [0.3, 0.4) is 0 Å². The first kappa shape index (κ1) is 14.3. The molecule has 0 aromatic carbocycles.